The predicted molar refractivity (Wildman–Crippen MR) is 137 cm³/mol. The van der Waals surface area contributed by atoms with Gasteiger partial charge in [-0.15, -0.1) is 4.90 Å². The Labute approximate surface area is 213 Å². The van der Waals surface area contributed by atoms with E-state index in [0.717, 1.165) is 10.5 Å². The standard InChI is InChI=1S/C27H26N4O6/c1-28-24(32)14-17-8-11-19(12-9-17)31-26(34)20-6-4-5-7-21(20)30(27(31)35)16-25(33)29-18-10-13-22(36-2)23(15-18)37-3/h4-13,15,20H,14,16H2,1-3H3,(H-,28,29,32,33)/p+1. The van der Waals surface area contributed by atoms with Gasteiger partial charge in [-0.2, -0.15) is 9.37 Å². The predicted octanol–water partition coefficient (Wildman–Crippen LogP) is 2.29. The van der Waals surface area contributed by atoms with Crippen molar-refractivity contribution in [1.29, 1.82) is 0 Å². The van der Waals surface area contributed by atoms with Crippen molar-refractivity contribution in [2.75, 3.05) is 38.0 Å². The number of hydrogen-bond donors (Lipinski definition) is 2. The van der Waals surface area contributed by atoms with Crippen LogP contribution in [0.2, 0.25) is 0 Å². The summed E-state index contributed by atoms with van der Waals surface area (Å²) in [6.07, 6.45) is 6.97. The molecule has 37 heavy (non-hydrogen) atoms. The van der Waals surface area contributed by atoms with Crippen molar-refractivity contribution in [3.05, 3.63) is 72.3 Å². The normalized spacial score (nSPS) is 16.4. The van der Waals surface area contributed by atoms with Crippen molar-refractivity contribution in [3.63, 3.8) is 0 Å². The fraction of sp³-hybridized carbons (Fsp3) is 0.222. The number of amides is 5. The van der Waals surface area contributed by atoms with Gasteiger partial charge in [0.05, 0.1) is 20.6 Å². The second-order valence-electron chi connectivity index (χ2n) is 8.32. The van der Waals surface area contributed by atoms with Crippen molar-refractivity contribution in [2.45, 2.75) is 6.42 Å². The first-order chi connectivity index (χ1) is 17.9. The molecule has 1 aliphatic carbocycles. The first kappa shape index (κ1) is 25.4. The van der Waals surface area contributed by atoms with Crippen LogP contribution in [0.5, 0.6) is 11.5 Å². The quantitative estimate of drug-likeness (QED) is 0.534. The van der Waals surface area contributed by atoms with E-state index in [-0.39, 0.29) is 18.9 Å². The minimum absolute atomic E-state index is 0.150. The first-order valence-electron chi connectivity index (χ1n) is 11.5. The van der Waals surface area contributed by atoms with Gasteiger partial charge in [0.1, 0.15) is 17.3 Å². The van der Waals surface area contributed by atoms with Crippen molar-refractivity contribution in [1.82, 2.24) is 5.32 Å². The number of imide groups is 1. The van der Waals surface area contributed by atoms with Gasteiger partial charge >= 0.3 is 11.9 Å². The summed E-state index contributed by atoms with van der Waals surface area (Å²) >= 11 is 0. The van der Waals surface area contributed by atoms with Gasteiger partial charge in [-0.3, -0.25) is 9.59 Å². The molecule has 1 atom stereocenters. The maximum atomic E-state index is 13.5. The van der Waals surface area contributed by atoms with Gasteiger partial charge in [0, 0.05) is 18.8 Å². The van der Waals surface area contributed by atoms with Gasteiger partial charge in [-0.25, -0.2) is 4.79 Å². The zero-order chi connectivity index (χ0) is 26.5. The second-order valence-corrected chi connectivity index (χ2v) is 8.32. The number of likely N-dealkylation sites (N-methyl/N-ethyl adjacent to an activating group) is 1. The molecule has 5 amide bonds. The third-order valence-electron chi connectivity index (χ3n) is 6.03. The maximum absolute atomic E-state index is 13.5. The van der Waals surface area contributed by atoms with Crippen molar-refractivity contribution in [2.24, 2.45) is 5.92 Å². The van der Waals surface area contributed by atoms with Crippen molar-refractivity contribution < 1.29 is 33.2 Å². The molecule has 0 spiro atoms. The monoisotopic (exact) mass is 503 g/mol. The minimum Gasteiger partial charge on any atom is -0.493 e. The van der Waals surface area contributed by atoms with E-state index < -0.39 is 23.8 Å². The summed E-state index contributed by atoms with van der Waals surface area (Å²) < 4.78 is 11.8. The highest BCUT2D eigenvalue weighted by molar-refractivity contribution is 6.26. The van der Waals surface area contributed by atoms with Crippen LogP contribution in [-0.2, 0) is 20.8 Å². The number of methoxy groups -OCH3 is 2. The highest BCUT2D eigenvalue weighted by atomic mass is 16.5. The molecule has 1 unspecified atom stereocenters. The van der Waals surface area contributed by atoms with Crippen LogP contribution in [0, 0.1) is 5.92 Å². The molecule has 2 aromatic carbocycles. The number of nitrogens with one attached hydrogen (secondary N) is 2. The smallest absolute Gasteiger partial charge is 0.493 e. The van der Waals surface area contributed by atoms with Crippen molar-refractivity contribution >= 4 is 40.8 Å². The summed E-state index contributed by atoms with van der Waals surface area (Å²) in [7, 11) is 4.56. The number of nitrogens with zero attached hydrogens (tertiary/aromatic N) is 2. The van der Waals surface area contributed by atoms with Crippen LogP contribution >= 0.6 is 0 Å². The Morgan fingerprint density at radius 1 is 0.973 bits per heavy atom. The highest BCUT2D eigenvalue weighted by Crippen LogP contribution is 2.30. The van der Waals surface area contributed by atoms with Gasteiger partial charge in [0.25, 0.3) is 5.91 Å². The molecule has 4 rings (SSSR count). The van der Waals surface area contributed by atoms with E-state index in [0.29, 0.717) is 28.6 Å². The van der Waals surface area contributed by atoms with E-state index >= 15 is 0 Å². The largest absolute Gasteiger partial charge is 0.506 e. The van der Waals surface area contributed by atoms with Gasteiger partial charge < -0.3 is 20.1 Å². The zero-order valence-corrected chi connectivity index (χ0v) is 20.7. The molecular weight excluding hydrogens is 476 g/mol. The van der Waals surface area contributed by atoms with Crippen LogP contribution < -0.4 is 25.0 Å². The Morgan fingerprint density at radius 3 is 2.38 bits per heavy atom. The molecule has 0 saturated heterocycles. The SMILES string of the molecule is CNC(=O)Cc1ccc(N2C(=O)C3C=CC=CC3=[N+](CC(=O)Nc3ccc(OC)c(OC)c3)C2=O)cc1. The molecule has 2 N–H and O–H groups in total. The Hall–Kier alpha value is -4.73. The Morgan fingerprint density at radius 2 is 1.70 bits per heavy atom. The molecule has 1 heterocycles. The highest BCUT2D eigenvalue weighted by Gasteiger charge is 2.48. The average Bonchev–Trinajstić information content (AvgIpc) is 2.91. The fourth-order valence-electron chi connectivity index (χ4n) is 4.15. The molecule has 190 valence electrons. The van der Waals surface area contributed by atoms with Gasteiger partial charge in [-0.1, -0.05) is 30.4 Å². The van der Waals surface area contributed by atoms with Crippen LogP contribution in [0.1, 0.15) is 5.56 Å². The van der Waals surface area contributed by atoms with Gasteiger partial charge in [-0.05, 0) is 35.9 Å². The van der Waals surface area contributed by atoms with Crippen molar-refractivity contribution in [3.8, 4) is 11.5 Å². The number of carbonyl (C=O) groups excluding carboxylic acids is 4. The lowest BCUT2D eigenvalue weighted by Crippen LogP contribution is -2.56. The molecule has 0 aromatic heterocycles. The molecule has 2 aromatic rings. The third-order valence-corrected chi connectivity index (χ3v) is 6.03. The lowest BCUT2D eigenvalue weighted by Gasteiger charge is -2.26. The molecule has 0 bridgehead atoms. The summed E-state index contributed by atoms with van der Waals surface area (Å²) in [5.74, 6) is -0.785. The van der Waals surface area contributed by atoms with Crippen LogP contribution in [0.4, 0.5) is 16.2 Å². The number of carbonyl (C=O) groups is 4. The minimum atomic E-state index is -0.720. The van der Waals surface area contributed by atoms with E-state index in [1.165, 1.54) is 18.8 Å². The second kappa shape index (κ2) is 10.9. The van der Waals surface area contributed by atoms with Gasteiger partial charge in [0.2, 0.25) is 5.91 Å². The molecule has 10 heteroatoms. The number of benzene rings is 2. The summed E-state index contributed by atoms with van der Waals surface area (Å²) in [4.78, 5) is 52.6. The maximum Gasteiger partial charge on any atom is 0.506 e. The van der Waals surface area contributed by atoms with Crippen LogP contribution in [0.3, 0.4) is 0 Å². The third kappa shape index (κ3) is 5.27. The first-order valence-corrected chi connectivity index (χ1v) is 11.5. The number of rotatable bonds is 8. The summed E-state index contributed by atoms with van der Waals surface area (Å²) in [5, 5.41) is 5.32. The van der Waals surface area contributed by atoms with Crippen LogP contribution in [0.15, 0.2) is 66.8 Å². The topological polar surface area (TPSA) is 117 Å². The number of anilines is 2. The van der Waals surface area contributed by atoms with E-state index in [1.54, 1.807) is 73.8 Å². The van der Waals surface area contributed by atoms with Crippen LogP contribution in [0.25, 0.3) is 0 Å². The van der Waals surface area contributed by atoms with Gasteiger partial charge in [0.15, 0.2) is 18.0 Å². The molecule has 0 saturated carbocycles. The molecular formula is C27H27N4O6+. The van der Waals surface area contributed by atoms with Crippen LogP contribution in [-0.4, -0.2) is 61.9 Å². The Balaban J connectivity index is 1.60. The molecule has 1 aliphatic heterocycles. The number of allylic oxidation sites excluding steroid dienone is 3. The number of urea groups is 1. The number of fused-ring (bicyclic) bond motifs is 1. The average molecular weight is 504 g/mol. The zero-order valence-electron chi connectivity index (χ0n) is 20.7. The summed E-state index contributed by atoms with van der Waals surface area (Å²) in [5.41, 5.74) is 1.97. The Bertz CT molecular complexity index is 1340. The summed E-state index contributed by atoms with van der Waals surface area (Å²) in [6, 6.07) is 10.9. The van der Waals surface area contributed by atoms with E-state index in [4.69, 9.17) is 9.47 Å². The van der Waals surface area contributed by atoms with E-state index in [1.807, 2.05) is 0 Å². The molecule has 0 radical (unpaired) electrons. The number of hydrogen-bond acceptors (Lipinski definition) is 6. The molecule has 10 nitrogen and oxygen atoms in total. The Kier molecular flexibility index (Phi) is 7.47. The number of ether oxygens (including phenoxy) is 2. The molecule has 0 fully saturated rings. The van der Waals surface area contributed by atoms with E-state index in [2.05, 4.69) is 10.6 Å². The fourth-order valence-corrected chi connectivity index (χ4v) is 4.15. The van der Waals surface area contributed by atoms with E-state index in [9.17, 15) is 19.2 Å². The lowest BCUT2D eigenvalue weighted by atomic mass is 9.94. The summed E-state index contributed by atoms with van der Waals surface area (Å²) in [6.45, 7) is -0.310. The lowest BCUT2D eigenvalue weighted by molar-refractivity contribution is -0.416. The molecule has 2 aliphatic rings.